The topological polar surface area (TPSA) is 60.2 Å². The minimum absolute atomic E-state index is 0.618. The summed E-state index contributed by atoms with van der Waals surface area (Å²) in [6.07, 6.45) is 0.786. The first kappa shape index (κ1) is 12.9. The average molecular weight is 271 g/mol. The van der Waals surface area contributed by atoms with Crippen molar-refractivity contribution in [3.63, 3.8) is 0 Å². The lowest BCUT2D eigenvalue weighted by atomic mass is 10.2. The second-order valence-corrected chi connectivity index (χ2v) is 4.54. The van der Waals surface area contributed by atoms with Crippen molar-refractivity contribution in [2.75, 3.05) is 25.6 Å². The van der Waals surface area contributed by atoms with E-state index in [4.69, 9.17) is 9.15 Å². The quantitative estimate of drug-likeness (QED) is 0.723. The number of hydrogen-bond donors (Lipinski definition) is 1. The van der Waals surface area contributed by atoms with Gasteiger partial charge >= 0.3 is 0 Å². The third-order valence-electron chi connectivity index (χ3n) is 3.18. The van der Waals surface area contributed by atoms with Gasteiger partial charge in [0.1, 0.15) is 16.9 Å². The molecule has 104 valence electrons. The normalized spacial score (nSPS) is 11.3. The molecule has 1 N–H and O–H groups in total. The molecule has 20 heavy (non-hydrogen) atoms. The van der Waals surface area contributed by atoms with Crippen molar-refractivity contribution < 1.29 is 9.15 Å². The van der Waals surface area contributed by atoms with Crippen LogP contribution in [0.2, 0.25) is 0 Å². The molecule has 1 aromatic carbocycles. The number of aryl methyl sites for hydroxylation is 1. The molecule has 3 rings (SSSR count). The Kier molecular flexibility index (Phi) is 3.52. The molecule has 0 radical (unpaired) electrons. The molecule has 0 fully saturated rings. The highest BCUT2D eigenvalue weighted by molar-refractivity contribution is 6.05. The molecule has 2 aromatic heterocycles. The molecule has 2 heterocycles. The van der Waals surface area contributed by atoms with Crippen molar-refractivity contribution in [3.8, 4) is 0 Å². The molecule has 0 spiro atoms. The first-order valence-electron chi connectivity index (χ1n) is 6.74. The van der Waals surface area contributed by atoms with E-state index in [-0.39, 0.29) is 0 Å². The summed E-state index contributed by atoms with van der Waals surface area (Å²) in [4.78, 5) is 9.11. The lowest BCUT2D eigenvalue weighted by molar-refractivity contribution is 0.210. The van der Waals surface area contributed by atoms with Gasteiger partial charge in [-0.2, -0.15) is 0 Å². The predicted octanol–water partition coefficient (Wildman–Crippen LogP) is 3.00. The van der Waals surface area contributed by atoms with E-state index in [2.05, 4.69) is 15.3 Å². The van der Waals surface area contributed by atoms with E-state index in [1.807, 2.05) is 31.2 Å². The fourth-order valence-electron chi connectivity index (χ4n) is 2.19. The monoisotopic (exact) mass is 271 g/mol. The smallest absolute Gasteiger partial charge is 0.196 e. The Morgan fingerprint density at radius 1 is 1.25 bits per heavy atom. The third kappa shape index (κ3) is 2.20. The molecule has 3 aromatic rings. The van der Waals surface area contributed by atoms with Crippen LogP contribution in [0.25, 0.3) is 22.1 Å². The highest BCUT2D eigenvalue weighted by Gasteiger charge is 2.14. The van der Waals surface area contributed by atoms with Gasteiger partial charge in [0.15, 0.2) is 11.4 Å². The molecule has 5 heteroatoms. The number of fused-ring (bicyclic) bond motifs is 3. The Labute approximate surface area is 117 Å². The van der Waals surface area contributed by atoms with Crippen molar-refractivity contribution in [3.05, 3.63) is 30.1 Å². The van der Waals surface area contributed by atoms with E-state index < -0.39 is 0 Å². The van der Waals surface area contributed by atoms with Gasteiger partial charge < -0.3 is 14.5 Å². The lowest BCUT2D eigenvalue weighted by Gasteiger charge is -2.06. The zero-order chi connectivity index (χ0) is 13.9. The summed E-state index contributed by atoms with van der Waals surface area (Å²) in [5.74, 6) is 1.55. The van der Waals surface area contributed by atoms with E-state index in [1.54, 1.807) is 7.11 Å². The number of aromatic nitrogens is 2. The van der Waals surface area contributed by atoms with Crippen LogP contribution in [0.1, 0.15) is 12.7 Å². The van der Waals surface area contributed by atoms with E-state index in [0.29, 0.717) is 18.7 Å². The minimum Gasteiger partial charge on any atom is -0.450 e. The number of nitrogens with zero attached hydrogens (tertiary/aromatic N) is 2. The largest absolute Gasteiger partial charge is 0.450 e. The standard InChI is InChI=1S/C15H17N3O2/c1-3-12-17-13-10-6-4-5-7-11(10)20-14(13)15(18-12)16-8-9-19-2/h4-7H,3,8-9H2,1-2H3,(H,16,17,18). The minimum atomic E-state index is 0.618. The number of furan rings is 1. The van der Waals surface area contributed by atoms with Gasteiger partial charge in [-0.25, -0.2) is 9.97 Å². The highest BCUT2D eigenvalue weighted by Crippen LogP contribution is 2.31. The van der Waals surface area contributed by atoms with Gasteiger partial charge in [-0.05, 0) is 12.1 Å². The molecule has 5 nitrogen and oxygen atoms in total. The molecule has 0 aliphatic carbocycles. The van der Waals surface area contributed by atoms with Crippen LogP contribution in [0.3, 0.4) is 0 Å². The van der Waals surface area contributed by atoms with Gasteiger partial charge in [-0.15, -0.1) is 0 Å². The Balaban J connectivity index is 2.16. The second-order valence-electron chi connectivity index (χ2n) is 4.54. The third-order valence-corrected chi connectivity index (χ3v) is 3.18. The zero-order valence-electron chi connectivity index (χ0n) is 11.6. The lowest BCUT2D eigenvalue weighted by Crippen LogP contribution is -2.10. The molecular formula is C15H17N3O2. The number of anilines is 1. The summed E-state index contributed by atoms with van der Waals surface area (Å²) in [5, 5.41) is 4.28. The molecule has 0 amide bonds. The zero-order valence-corrected chi connectivity index (χ0v) is 11.6. The van der Waals surface area contributed by atoms with Crippen LogP contribution < -0.4 is 5.32 Å². The number of hydrogen-bond acceptors (Lipinski definition) is 5. The van der Waals surface area contributed by atoms with Gasteiger partial charge in [-0.1, -0.05) is 19.1 Å². The summed E-state index contributed by atoms with van der Waals surface area (Å²) in [5.41, 5.74) is 2.41. The first-order chi connectivity index (χ1) is 9.83. The van der Waals surface area contributed by atoms with Crippen LogP contribution in [-0.4, -0.2) is 30.2 Å². The summed E-state index contributed by atoms with van der Waals surface area (Å²) in [6.45, 7) is 3.35. The molecule has 0 unspecified atom stereocenters. The number of nitrogens with one attached hydrogen (secondary N) is 1. The van der Waals surface area contributed by atoms with Crippen LogP contribution in [0.15, 0.2) is 28.7 Å². The molecule has 0 saturated heterocycles. The van der Waals surface area contributed by atoms with Gasteiger partial charge in [0.25, 0.3) is 0 Å². The van der Waals surface area contributed by atoms with Crippen molar-refractivity contribution >= 4 is 27.9 Å². The molecule has 0 aliphatic heterocycles. The van der Waals surface area contributed by atoms with Gasteiger partial charge in [-0.3, -0.25) is 0 Å². The van der Waals surface area contributed by atoms with Crippen molar-refractivity contribution in [2.24, 2.45) is 0 Å². The fraction of sp³-hybridized carbons (Fsp3) is 0.333. The van der Waals surface area contributed by atoms with Crippen molar-refractivity contribution in [2.45, 2.75) is 13.3 Å². The van der Waals surface area contributed by atoms with E-state index >= 15 is 0 Å². The maximum absolute atomic E-state index is 5.89. The van der Waals surface area contributed by atoms with Crippen LogP contribution in [0, 0.1) is 0 Å². The fourth-order valence-corrected chi connectivity index (χ4v) is 2.19. The first-order valence-corrected chi connectivity index (χ1v) is 6.74. The summed E-state index contributed by atoms with van der Waals surface area (Å²) in [6, 6.07) is 7.91. The van der Waals surface area contributed by atoms with E-state index in [0.717, 1.165) is 34.5 Å². The Morgan fingerprint density at radius 3 is 2.90 bits per heavy atom. The number of para-hydroxylation sites is 1. The molecule has 0 atom stereocenters. The van der Waals surface area contributed by atoms with Gasteiger partial charge in [0.05, 0.1) is 6.61 Å². The summed E-state index contributed by atoms with van der Waals surface area (Å²) >= 11 is 0. The Morgan fingerprint density at radius 2 is 2.10 bits per heavy atom. The van der Waals surface area contributed by atoms with Crippen molar-refractivity contribution in [1.82, 2.24) is 9.97 Å². The summed E-state index contributed by atoms with van der Waals surface area (Å²) in [7, 11) is 1.68. The average Bonchev–Trinajstić information content (AvgIpc) is 2.86. The maximum atomic E-state index is 5.89. The maximum Gasteiger partial charge on any atom is 0.196 e. The van der Waals surface area contributed by atoms with Gasteiger partial charge in [0, 0.05) is 25.5 Å². The van der Waals surface area contributed by atoms with Crippen LogP contribution in [0.4, 0.5) is 5.82 Å². The number of benzene rings is 1. The van der Waals surface area contributed by atoms with E-state index in [9.17, 15) is 0 Å². The SMILES string of the molecule is CCc1nc(NCCOC)c2oc3ccccc3c2n1. The molecule has 0 aliphatic rings. The number of ether oxygens (including phenoxy) is 1. The molecule has 0 saturated carbocycles. The van der Waals surface area contributed by atoms with Crippen molar-refractivity contribution in [1.29, 1.82) is 0 Å². The van der Waals surface area contributed by atoms with Crippen LogP contribution in [-0.2, 0) is 11.2 Å². The molecule has 0 bridgehead atoms. The highest BCUT2D eigenvalue weighted by atomic mass is 16.5. The second kappa shape index (κ2) is 5.46. The summed E-state index contributed by atoms with van der Waals surface area (Å²) < 4.78 is 10.9. The number of methoxy groups -OCH3 is 1. The molecular weight excluding hydrogens is 254 g/mol. The van der Waals surface area contributed by atoms with Crippen LogP contribution in [0.5, 0.6) is 0 Å². The Bertz CT molecular complexity index is 736. The van der Waals surface area contributed by atoms with Gasteiger partial charge in [0.2, 0.25) is 0 Å². The van der Waals surface area contributed by atoms with E-state index in [1.165, 1.54) is 0 Å². The number of rotatable bonds is 5. The Hall–Kier alpha value is -2.14. The van der Waals surface area contributed by atoms with Crippen LogP contribution >= 0.6 is 0 Å². The predicted molar refractivity (Wildman–Crippen MR) is 79.1 cm³/mol.